The van der Waals surface area contributed by atoms with E-state index < -0.39 is 7.26 Å². The number of rotatable bonds is 11. The van der Waals surface area contributed by atoms with Gasteiger partial charge in [-0.3, -0.25) is 0 Å². The van der Waals surface area contributed by atoms with Crippen LogP contribution in [-0.4, -0.2) is 23.5 Å². The molecule has 0 unspecified atom stereocenters. The molecular formula is C17H34NOP. The monoisotopic (exact) mass is 299 g/mol. The molecule has 0 aliphatic heterocycles. The second-order valence-corrected chi connectivity index (χ2v) is 11.2. The van der Waals surface area contributed by atoms with Crippen molar-refractivity contribution in [2.24, 2.45) is 0 Å². The Morgan fingerprint density at radius 3 is 1.80 bits per heavy atom. The zero-order chi connectivity index (χ0) is 14.8. The van der Waals surface area contributed by atoms with Gasteiger partial charge < -0.3 is 0 Å². The predicted octanol–water partition coefficient (Wildman–Crippen LogP) is 5.63. The predicted molar refractivity (Wildman–Crippen MR) is 92.6 cm³/mol. The molecular weight excluding hydrogens is 265 g/mol. The van der Waals surface area contributed by atoms with E-state index in [-0.39, 0.29) is 0 Å². The van der Waals surface area contributed by atoms with E-state index in [1.54, 1.807) is 0 Å². The third kappa shape index (κ3) is 5.95. The van der Waals surface area contributed by atoms with Crippen LogP contribution in [0.2, 0.25) is 0 Å². The number of aryl methyl sites for hydroxylation is 1. The van der Waals surface area contributed by atoms with Gasteiger partial charge in [0.25, 0.3) is 0 Å². The Labute approximate surface area is 126 Å². The molecule has 0 amide bonds. The summed E-state index contributed by atoms with van der Waals surface area (Å²) in [7, 11) is -1.21. The topological polar surface area (TPSA) is 26.0 Å². The molecule has 0 saturated heterocycles. The minimum absolute atomic E-state index is 0.823. The van der Waals surface area contributed by atoms with Gasteiger partial charge in [-0.05, 0) is 0 Å². The third-order valence-electron chi connectivity index (χ3n) is 4.40. The van der Waals surface area contributed by atoms with Crippen molar-refractivity contribution >= 4 is 7.26 Å². The van der Waals surface area contributed by atoms with E-state index in [0.29, 0.717) is 0 Å². The third-order valence-corrected chi connectivity index (χ3v) is 9.76. The van der Waals surface area contributed by atoms with Crippen molar-refractivity contribution in [2.45, 2.75) is 72.4 Å². The van der Waals surface area contributed by atoms with E-state index in [9.17, 15) is 0 Å². The molecule has 20 heavy (non-hydrogen) atoms. The van der Waals surface area contributed by atoms with Crippen molar-refractivity contribution in [3.05, 3.63) is 17.8 Å². The van der Waals surface area contributed by atoms with Gasteiger partial charge in [0.15, 0.2) is 0 Å². The summed E-state index contributed by atoms with van der Waals surface area (Å²) < 4.78 is 5.43. The van der Waals surface area contributed by atoms with Gasteiger partial charge in [-0.1, -0.05) is 0 Å². The Bertz CT molecular complexity index is 340. The van der Waals surface area contributed by atoms with Gasteiger partial charge in [0.2, 0.25) is 0 Å². The Kier molecular flexibility index (Phi) is 8.45. The minimum atomic E-state index is -1.21. The average Bonchev–Trinajstić information content (AvgIpc) is 2.85. The molecule has 0 N–H and O–H groups in total. The van der Waals surface area contributed by atoms with Crippen LogP contribution in [0, 0.1) is 6.92 Å². The van der Waals surface area contributed by atoms with Crippen LogP contribution in [0.3, 0.4) is 0 Å². The molecule has 0 fully saturated rings. The van der Waals surface area contributed by atoms with Crippen molar-refractivity contribution in [1.82, 2.24) is 4.98 Å². The van der Waals surface area contributed by atoms with Crippen molar-refractivity contribution in [1.29, 1.82) is 0 Å². The Morgan fingerprint density at radius 1 is 0.950 bits per heavy atom. The molecule has 1 rings (SSSR count). The van der Waals surface area contributed by atoms with Crippen LogP contribution < -0.4 is 0 Å². The zero-order valence-corrected chi connectivity index (χ0v) is 15.0. The number of hydrogen-bond acceptors (Lipinski definition) is 2. The number of oxazole rings is 1. The first kappa shape index (κ1) is 17.7. The molecule has 0 aliphatic rings. The molecule has 3 heteroatoms. The van der Waals surface area contributed by atoms with Crippen LogP contribution in [-0.2, 0) is 6.16 Å². The molecule has 1 aromatic heterocycles. The maximum atomic E-state index is 5.43. The summed E-state index contributed by atoms with van der Waals surface area (Å²) in [5.41, 5.74) is 1.22. The summed E-state index contributed by atoms with van der Waals surface area (Å²) in [5, 5.41) is 0. The summed E-state index contributed by atoms with van der Waals surface area (Å²) >= 11 is 0. The maximum absolute atomic E-state index is 5.43. The van der Waals surface area contributed by atoms with Crippen LogP contribution in [0.15, 0.2) is 10.7 Å². The molecule has 118 valence electrons. The zero-order valence-electron chi connectivity index (χ0n) is 14.0. The second kappa shape index (κ2) is 9.55. The van der Waals surface area contributed by atoms with Crippen LogP contribution in [0.1, 0.15) is 70.9 Å². The molecule has 2 nitrogen and oxygen atoms in total. The van der Waals surface area contributed by atoms with E-state index in [1.165, 1.54) is 68.9 Å². The van der Waals surface area contributed by atoms with Gasteiger partial charge in [-0.15, -0.1) is 0 Å². The van der Waals surface area contributed by atoms with Crippen LogP contribution in [0.25, 0.3) is 0 Å². The molecule has 0 spiro atoms. The summed E-state index contributed by atoms with van der Waals surface area (Å²) in [6, 6.07) is 0. The molecule has 0 radical (unpaired) electrons. The quantitative estimate of drug-likeness (QED) is 0.495. The van der Waals surface area contributed by atoms with Crippen LogP contribution in [0.4, 0.5) is 0 Å². The van der Waals surface area contributed by atoms with Crippen LogP contribution in [0.5, 0.6) is 0 Å². The van der Waals surface area contributed by atoms with E-state index in [2.05, 4.69) is 25.8 Å². The number of aromatic nitrogens is 1. The van der Waals surface area contributed by atoms with Crippen molar-refractivity contribution in [3.8, 4) is 0 Å². The Hall–Kier alpha value is -0.360. The van der Waals surface area contributed by atoms with Gasteiger partial charge in [-0.2, -0.15) is 0 Å². The summed E-state index contributed by atoms with van der Waals surface area (Å²) in [6.07, 6.45) is 15.8. The van der Waals surface area contributed by atoms with Gasteiger partial charge in [-0.25, -0.2) is 0 Å². The van der Waals surface area contributed by atoms with E-state index in [1.807, 2.05) is 13.2 Å². The van der Waals surface area contributed by atoms with Crippen molar-refractivity contribution < 1.29 is 4.42 Å². The fourth-order valence-corrected chi connectivity index (χ4v) is 8.69. The number of hydrogen-bond donors (Lipinski definition) is 0. The summed E-state index contributed by atoms with van der Waals surface area (Å²) in [4.78, 5) is 4.59. The first-order valence-electron chi connectivity index (χ1n) is 8.56. The normalized spacial score (nSPS) is 12.8. The summed E-state index contributed by atoms with van der Waals surface area (Å²) in [6.45, 7) is 8.91. The first-order valence-corrected chi connectivity index (χ1v) is 11.4. The van der Waals surface area contributed by atoms with Gasteiger partial charge in [0, 0.05) is 0 Å². The van der Waals surface area contributed by atoms with E-state index in [4.69, 9.17) is 4.42 Å². The standard InChI is InChI=1S/C17H34NOP/c1-5-8-11-20(12-9-6-2,13-10-7-3)15-17-14-19-16(4)18-17/h14,20H,5-13,15H2,1-4H3. The Morgan fingerprint density at radius 2 is 1.45 bits per heavy atom. The van der Waals surface area contributed by atoms with E-state index in [0.717, 1.165) is 5.89 Å². The summed E-state index contributed by atoms with van der Waals surface area (Å²) in [5.74, 6) is 0.823. The molecule has 0 aromatic carbocycles. The Balaban J connectivity index is 2.80. The fraction of sp³-hybridized carbons (Fsp3) is 0.824. The molecule has 0 atom stereocenters. The van der Waals surface area contributed by atoms with Crippen LogP contribution >= 0.6 is 7.26 Å². The molecule has 0 aliphatic carbocycles. The molecule has 1 aromatic rings. The van der Waals surface area contributed by atoms with Gasteiger partial charge >= 0.3 is 125 Å². The molecule has 1 heterocycles. The number of unbranched alkanes of at least 4 members (excludes halogenated alkanes) is 3. The second-order valence-electron chi connectivity index (χ2n) is 6.35. The van der Waals surface area contributed by atoms with Crippen molar-refractivity contribution in [2.75, 3.05) is 18.5 Å². The molecule has 0 saturated carbocycles. The number of nitrogens with zero attached hydrogens (tertiary/aromatic N) is 1. The van der Waals surface area contributed by atoms with Gasteiger partial charge in [0.05, 0.1) is 0 Å². The first-order chi connectivity index (χ1) is 9.65. The van der Waals surface area contributed by atoms with Gasteiger partial charge in [0.1, 0.15) is 0 Å². The average molecular weight is 299 g/mol. The van der Waals surface area contributed by atoms with E-state index >= 15 is 0 Å². The fourth-order valence-electron chi connectivity index (χ4n) is 3.17. The van der Waals surface area contributed by atoms with Crippen molar-refractivity contribution in [3.63, 3.8) is 0 Å². The SMILES string of the molecule is CCCC[PH](CCCC)(CCCC)Cc1coc(C)n1. The molecule has 0 bridgehead atoms.